The summed E-state index contributed by atoms with van der Waals surface area (Å²) in [6.45, 7) is 8.28. The van der Waals surface area contributed by atoms with Gasteiger partial charge in [0.1, 0.15) is 6.10 Å². The zero-order valence-electron chi connectivity index (χ0n) is 11.2. The zero-order valence-corrected chi connectivity index (χ0v) is 11.2. The van der Waals surface area contributed by atoms with Gasteiger partial charge in [0.25, 0.3) is 0 Å². The van der Waals surface area contributed by atoms with E-state index in [1.54, 1.807) is 0 Å². The fourth-order valence-electron chi connectivity index (χ4n) is 4.55. The maximum absolute atomic E-state index is 11.7. The third-order valence-corrected chi connectivity index (χ3v) is 5.72. The number of aliphatic hydroxyl groups is 1. The largest absolute Gasteiger partial charge is 0.458 e. The number of rotatable bonds is 0. The molecule has 1 heterocycles. The molecule has 18 heavy (non-hydrogen) atoms. The first-order chi connectivity index (χ1) is 8.44. The fraction of sp³-hybridized carbons (Fsp3) is 0.800. The summed E-state index contributed by atoms with van der Waals surface area (Å²) in [4.78, 5) is 11.7. The molecule has 1 unspecified atom stereocenters. The molecule has 2 saturated carbocycles. The molecule has 3 rings (SSSR count). The highest BCUT2D eigenvalue weighted by molar-refractivity contribution is 5.90. The van der Waals surface area contributed by atoms with Crippen molar-refractivity contribution < 1.29 is 14.6 Å². The van der Waals surface area contributed by atoms with E-state index in [1.807, 2.05) is 0 Å². The van der Waals surface area contributed by atoms with E-state index in [4.69, 9.17) is 4.74 Å². The van der Waals surface area contributed by atoms with Crippen LogP contribution < -0.4 is 0 Å². The average molecular weight is 250 g/mol. The molecule has 0 aromatic heterocycles. The number of hydrogen-bond acceptors (Lipinski definition) is 3. The Bertz CT molecular complexity index is 403. The van der Waals surface area contributed by atoms with Crippen LogP contribution in [0.4, 0.5) is 0 Å². The van der Waals surface area contributed by atoms with Crippen LogP contribution in [-0.2, 0) is 9.53 Å². The van der Waals surface area contributed by atoms with Gasteiger partial charge in [0.15, 0.2) is 0 Å². The van der Waals surface area contributed by atoms with Gasteiger partial charge < -0.3 is 9.84 Å². The van der Waals surface area contributed by atoms with Crippen LogP contribution in [0.2, 0.25) is 0 Å². The Hall–Kier alpha value is -0.830. The molecule has 6 atom stereocenters. The highest BCUT2D eigenvalue weighted by atomic mass is 16.6. The normalized spacial score (nSPS) is 51.6. The highest BCUT2D eigenvalue weighted by Gasteiger charge is 2.57. The lowest BCUT2D eigenvalue weighted by Gasteiger charge is -2.53. The van der Waals surface area contributed by atoms with Crippen molar-refractivity contribution in [1.29, 1.82) is 0 Å². The van der Waals surface area contributed by atoms with Crippen molar-refractivity contribution in [2.75, 3.05) is 0 Å². The predicted octanol–water partition coefficient (Wildman–Crippen LogP) is 2.29. The second kappa shape index (κ2) is 3.83. The molecular formula is C15H22O3. The lowest BCUT2D eigenvalue weighted by molar-refractivity contribution is -0.158. The number of ether oxygens (including phenoxy) is 1. The first-order valence-corrected chi connectivity index (χ1v) is 7.02. The van der Waals surface area contributed by atoms with Crippen molar-refractivity contribution in [2.24, 2.45) is 23.2 Å². The van der Waals surface area contributed by atoms with E-state index < -0.39 is 0 Å². The maximum atomic E-state index is 11.7. The minimum atomic E-state index is -0.255. The molecule has 0 radical (unpaired) electrons. The molecule has 0 spiro atoms. The van der Waals surface area contributed by atoms with E-state index in [0.717, 1.165) is 25.7 Å². The Balaban J connectivity index is 1.96. The van der Waals surface area contributed by atoms with Gasteiger partial charge in [-0.25, -0.2) is 4.79 Å². The second-order valence-electron chi connectivity index (χ2n) is 6.69. The smallest absolute Gasteiger partial charge is 0.334 e. The zero-order chi connectivity index (χ0) is 13.1. The number of carbonyl (C=O) groups excluding carboxylic acids is 1. The third-order valence-electron chi connectivity index (χ3n) is 5.72. The van der Waals surface area contributed by atoms with Gasteiger partial charge in [-0.05, 0) is 37.0 Å². The van der Waals surface area contributed by atoms with Gasteiger partial charge >= 0.3 is 5.97 Å². The number of esters is 1. The molecule has 0 aromatic rings. The van der Waals surface area contributed by atoms with Crippen molar-refractivity contribution in [3.8, 4) is 0 Å². The Labute approximate surface area is 108 Å². The van der Waals surface area contributed by atoms with E-state index in [0.29, 0.717) is 5.57 Å². The minimum absolute atomic E-state index is 0.0475. The summed E-state index contributed by atoms with van der Waals surface area (Å²) in [5, 5.41) is 10.1. The van der Waals surface area contributed by atoms with E-state index >= 15 is 0 Å². The second-order valence-corrected chi connectivity index (χ2v) is 6.69. The number of hydrogen-bond donors (Lipinski definition) is 1. The summed E-state index contributed by atoms with van der Waals surface area (Å²) in [7, 11) is 0. The number of fused-ring (bicyclic) bond motifs is 3. The molecule has 1 saturated heterocycles. The van der Waals surface area contributed by atoms with Crippen LogP contribution in [0.1, 0.15) is 39.5 Å². The Morgan fingerprint density at radius 3 is 2.78 bits per heavy atom. The minimum Gasteiger partial charge on any atom is -0.458 e. The van der Waals surface area contributed by atoms with Crippen LogP contribution in [0.15, 0.2) is 12.2 Å². The lowest BCUT2D eigenvalue weighted by atomic mass is 9.53. The van der Waals surface area contributed by atoms with Gasteiger partial charge in [0.05, 0.1) is 6.10 Å². The Morgan fingerprint density at radius 2 is 2.06 bits per heavy atom. The van der Waals surface area contributed by atoms with E-state index in [-0.39, 0.29) is 41.3 Å². The van der Waals surface area contributed by atoms with Crippen molar-refractivity contribution >= 4 is 5.97 Å². The average Bonchev–Trinajstić information content (AvgIpc) is 2.60. The molecule has 0 aromatic carbocycles. The van der Waals surface area contributed by atoms with Crippen LogP contribution in [-0.4, -0.2) is 23.3 Å². The van der Waals surface area contributed by atoms with Crippen LogP contribution >= 0.6 is 0 Å². The van der Waals surface area contributed by atoms with Crippen molar-refractivity contribution in [2.45, 2.75) is 51.7 Å². The third kappa shape index (κ3) is 1.49. The van der Waals surface area contributed by atoms with Gasteiger partial charge in [0.2, 0.25) is 0 Å². The van der Waals surface area contributed by atoms with Crippen LogP contribution in [0.3, 0.4) is 0 Å². The van der Waals surface area contributed by atoms with Gasteiger partial charge in [0, 0.05) is 17.4 Å². The molecule has 3 aliphatic rings. The molecule has 0 amide bonds. The molecule has 3 nitrogen and oxygen atoms in total. The fourth-order valence-corrected chi connectivity index (χ4v) is 4.55. The lowest BCUT2D eigenvalue weighted by Crippen LogP contribution is -2.53. The number of aliphatic hydroxyl groups excluding tert-OH is 1. The molecule has 3 fully saturated rings. The molecule has 1 aliphatic heterocycles. The van der Waals surface area contributed by atoms with Crippen LogP contribution in [0, 0.1) is 23.2 Å². The summed E-state index contributed by atoms with van der Waals surface area (Å²) < 4.78 is 5.58. The van der Waals surface area contributed by atoms with Crippen LogP contribution in [0.25, 0.3) is 0 Å². The van der Waals surface area contributed by atoms with Crippen molar-refractivity contribution in [3.05, 3.63) is 12.2 Å². The first kappa shape index (κ1) is 12.2. The van der Waals surface area contributed by atoms with E-state index in [2.05, 4.69) is 20.4 Å². The highest BCUT2D eigenvalue weighted by Crippen LogP contribution is 2.57. The molecular weight excluding hydrogens is 228 g/mol. The van der Waals surface area contributed by atoms with E-state index in [1.165, 1.54) is 0 Å². The summed E-state index contributed by atoms with van der Waals surface area (Å²) in [5.74, 6) is 0.447. The van der Waals surface area contributed by atoms with Crippen molar-refractivity contribution in [1.82, 2.24) is 0 Å². The topological polar surface area (TPSA) is 46.5 Å². The van der Waals surface area contributed by atoms with Gasteiger partial charge in [-0.2, -0.15) is 0 Å². The van der Waals surface area contributed by atoms with Crippen LogP contribution in [0.5, 0.6) is 0 Å². The van der Waals surface area contributed by atoms with Crippen molar-refractivity contribution in [3.63, 3.8) is 0 Å². The summed E-state index contributed by atoms with van der Waals surface area (Å²) in [6.07, 6.45) is 3.73. The summed E-state index contributed by atoms with van der Waals surface area (Å²) in [5.41, 5.74) is 0.861. The molecule has 2 aliphatic carbocycles. The monoisotopic (exact) mass is 250 g/mol. The molecule has 3 heteroatoms. The summed E-state index contributed by atoms with van der Waals surface area (Å²) in [6, 6.07) is 0. The first-order valence-electron chi connectivity index (χ1n) is 7.02. The van der Waals surface area contributed by atoms with Gasteiger partial charge in [-0.15, -0.1) is 0 Å². The summed E-state index contributed by atoms with van der Waals surface area (Å²) >= 11 is 0. The quantitative estimate of drug-likeness (QED) is 0.530. The SMILES string of the molecule is C=C1C(=O)O[C@@H]2C3[C@@H](C)[C@@H](O)CC[C@]3(C)CC[C@@H]12. The Kier molecular flexibility index (Phi) is 2.60. The maximum Gasteiger partial charge on any atom is 0.334 e. The Morgan fingerprint density at radius 1 is 1.39 bits per heavy atom. The number of carbonyl (C=O) groups is 1. The molecule has 1 N–H and O–H groups in total. The van der Waals surface area contributed by atoms with Gasteiger partial charge in [-0.1, -0.05) is 20.4 Å². The van der Waals surface area contributed by atoms with Gasteiger partial charge in [-0.3, -0.25) is 0 Å². The molecule has 100 valence electrons. The standard InChI is InChI=1S/C15H22O3/c1-8-10-4-6-15(3)7-5-11(16)9(2)12(15)13(10)18-14(8)17/h9-13,16H,1,4-7H2,2-3H3/t9-,10-,11-,12?,13-,15-/m0/s1. The predicted molar refractivity (Wildman–Crippen MR) is 67.7 cm³/mol. The van der Waals surface area contributed by atoms with E-state index in [9.17, 15) is 9.90 Å². The molecule has 0 bridgehead atoms.